The predicted molar refractivity (Wildman–Crippen MR) is 91.9 cm³/mol. The van der Waals surface area contributed by atoms with Gasteiger partial charge in [0.1, 0.15) is 0 Å². The van der Waals surface area contributed by atoms with Gasteiger partial charge in [-0.25, -0.2) is 0 Å². The molecule has 124 valence electrons. The summed E-state index contributed by atoms with van der Waals surface area (Å²) in [6, 6.07) is 2.29. The van der Waals surface area contributed by atoms with Crippen LogP contribution in [0.5, 0.6) is 0 Å². The predicted octanol–water partition coefficient (Wildman–Crippen LogP) is 3.10. The van der Waals surface area contributed by atoms with E-state index in [1.807, 2.05) is 0 Å². The van der Waals surface area contributed by atoms with Crippen molar-refractivity contribution in [2.45, 2.75) is 83.8 Å². The number of likely N-dealkylation sites (tertiary alicyclic amines) is 2. The summed E-state index contributed by atoms with van der Waals surface area (Å²) in [5.74, 6) is 0. The minimum atomic E-state index is 0.712. The number of piperidine rings is 1. The molecule has 2 heterocycles. The number of rotatable bonds is 6. The Morgan fingerprint density at radius 3 is 2.62 bits per heavy atom. The topological polar surface area (TPSA) is 18.5 Å². The fourth-order valence-electron chi connectivity index (χ4n) is 3.92. The van der Waals surface area contributed by atoms with Crippen LogP contribution in [0.1, 0.15) is 65.7 Å². The Kier molecular flexibility index (Phi) is 7.48. The third kappa shape index (κ3) is 5.88. The molecular weight excluding hydrogens is 258 g/mol. The van der Waals surface area contributed by atoms with E-state index in [0.717, 1.165) is 12.1 Å². The van der Waals surface area contributed by atoms with Crippen molar-refractivity contribution in [1.29, 1.82) is 0 Å². The molecule has 0 bridgehead atoms. The average molecular weight is 296 g/mol. The first-order valence-corrected chi connectivity index (χ1v) is 9.38. The molecule has 2 unspecified atom stereocenters. The van der Waals surface area contributed by atoms with Crippen LogP contribution in [-0.4, -0.2) is 60.6 Å². The molecule has 3 nitrogen and oxygen atoms in total. The first-order valence-electron chi connectivity index (χ1n) is 9.38. The van der Waals surface area contributed by atoms with E-state index in [1.165, 1.54) is 77.7 Å². The molecular formula is C18H37N3. The van der Waals surface area contributed by atoms with Crippen LogP contribution < -0.4 is 5.32 Å². The minimum Gasteiger partial charge on any atom is -0.314 e. The second-order valence-corrected chi connectivity index (χ2v) is 7.45. The van der Waals surface area contributed by atoms with Gasteiger partial charge in [-0.2, -0.15) is 0 Å². The molecule has 0 aliphatic carbocycles. The lowest BCUT2D eigenvalue weighted by molar-refractivity contribution is 0.158. The van der Waals surface area contributed by atoms with Gasteiger partial charge in [-0.1, -0.05) is 6.42 Å². The molecule has 21 heavy (non-hydrogen) atoms. The lowest BCUT2D eigenvalue weighted by Crippen LogP contribution is -2.40. The SMILES string of the molecule is CC(C)N1CCCC(NCCCN2CCCCC2C)CC1. The highest BCUT2D eigenvalue weighted by Gasteiger charge is 2.19. The Labute approximate surface area is 132 Å². The number of hydrogen-bond acceptors (Lipinski definition) is 3. The Hall–Kier alpha value is -0.120. The summed E-state index contributed by atoms with van der Waals surface area (Å²) < 4.78 is 0. The summed E-state index contributed by atoms with van der Waals surface area (Å²) in [7, 11) is 0. The van der Waals surface area contributed by atoms with Gasteiger partial charge in [0.15, 0.2) is 0 Å². The van der Waals surface area contributed by atoms with E-state index in [9.17, 15) is 0 Å². The Morgan fingerprint density at radius 2 is 1.86 bits per heavy atom. The second-order valence-electron chi connectivity index (χ2n) is 7.45. The van der Waals surface area contributed by atoms with Crippen LogP contribution in [0.4, 0.5) is 0 Å². The van der Waals surface area contributed by atoms with E-state index < -0.39 is 0 Å². The summed E-state index contributed by atoms with van der Waals surface area (Å²) in [6.07, 6.45) is 9.62. The smallest absolute Gasteiger partial charge is 0.00797 e. The molecule has 2 aliphatic heterocycles. The number of hydrogen-bond donors (Lipinski definition) is 1. The summed E-state index contributed by atoms with van der Waals surface area (Å²) in [6.45, 7) is 13.4. The minimum absolute atomic E-state index is 0.712. The number of nitrogens with one attached hydrogen (secondary N) is 1. The molecule has 2 fully saturated rings. The van der Waals surface area contributed by atoms with Gasteiger partial charge in [-0.05, 0) is 92.0 Å². The highest BCUT2D eigenvalue weighted by Crippen LogP contribution is 2.16. The van der Waals surface area contributed by atoms with Gasteiger partial charge in [0, 0.05) is 18.1 Å². The van der Waals surface area contributed by atoms with Crippen LogP contribution in [0.2, 0.25) is 0 Å². The van der Waals surface area contributed by atoms with Gasteiger partial charge in [0.25, 0.3) is 0 Å². The van der Waals surface area contributed by atoms with Gasteiger partial charge < -0.3 is 15.1 Å². The number of nitrogens with zero attached hydrogens (tertiary/aromatic N) is 2. The molecule has 0 aromatic heterocycles. The van der Waals surface area contributed by atoms with Crippen molar-refractivity contribution in [3.8, 4) is 0 Å². The summed E-state index contributed by atoms with van der Waals surface area (Å²) in [5, 5.41) is 3.82. The van der Waals surface area contributed by atoms with E-state index >= 15 is 0 Å². The van der Waals surface area contributed by atoms with E-state index in [4.69, 9.17) is 0 Å². The molecule has 2 saturated heterocycles. The van der Waals surface area contributed by atoms with Crippen molar-refractivity contribution in [3.63, 3.8) is 0 Å². The third-order valence-electron chi connectivity index (χ3n) is 5.49. The molecule has 0 radical (unpaired) electrons. The monoisotopic (exact) mass is 295 g/mol. The Balaban J connectivity index is 1.58. The summed E-state index contributed by atoms with van der Waals surface area (Å²) in [4.78, 5) is 5.33. The lowest BCUT2D eigenvalue weighted by atomic mass is 10.0. The van der Waals surface area contributed by atoms with Gasteiger partial charge >= 0.3 is 0 Å². The zero-order valence-corrected chi connectivity index (χ0v) is 14.6. The fraction of sp³-hybridized carbons (Fsp3) is 1.00. The van der Waals surface area contributed by atoms with Crippen LogP contribution in [0.25, 0.3) is 0 Å². The van der Waals surface area contributed by atoms with Crippen LogP contribution in [0.15, 0.2) is 0 Å². The summed E-state index contributed by atoms with van der Waals surface area (Å²) in [5.41, 5.74) is 0. The Bertz CT molecular complexity index is 280. The molecule has 3 heteroatoms. The maximum Gasteiger partial charge on any atom is 0.00797 e. The zero-order valence-electron chi connectivity index (χ0n) is 14.6. The van der Waals surface area contributed by atoms with Crippen molar-refractivity contribution >= 4 is 0 Å². The molecule has 1 N–H and O–H groups in total. The van der Waals surface area contributed by atoms with E-state index in [-0.39, 0.29) is 0 Å². The molecule has 0 amide bonds. The van der Waals surface area contributed by atoms with Crippen LogP contribution in [-0.2, 0) is 0 Å². The third-order valence-corrected chi connectivity index (χ3v) is 5.49. The van der Waals surface area contributed by atoms with Crippen LogP contribution in [0, 0.1) is 0 Å². The van der Waals surface area contributed by atoms with Crippen molar-refractivity contribution in [1.82, 2.24) is 15.1 Å². The van der Waals surface area contributed by atoms with Gasteiger partial charge in [0.05, 0.1) is 0 Å². The van der Waals surface area contributed by atoms with Crippen molar-refractivity contribution in [3.05, 3.63) is 0 Å². The highest BCUT2D eigenvalue weighted by atomic mass is 15.2. The van der Waals surface area contributed by atoms with Crippen molar-refractivity contribution < 1.29 is 0 Å². The fourth-order valence-corrected chi connectivity index (χ4v) is 3.92. The zero-order chi connectivity index (χ0) is 15.1. The maximum atomic E-state index is 3.82. The quantitative estimate of drug-likeness (QED) is 0.760. The second kappa shape index (κ2) is 9.12. The molecule has 2 aliphatic rings. The van der Waals surface area contributed by atoms with Gasteiger partial charge in [-0.3, -0.25) is 0 Å². The Morgan fingerprint density at radius 1 is 1.00 bits per heavy atom. The van der Waals surface area contributed by atoms with Crippen molar-refractivity contribution in [2.75, 3.05) is 32.7 Å². The lowest BCUT2D eigenvalue weighted by Gasteiger charge is -2.33. The molecule has 2 atom stereocenters. The van der Waals surface area contributed by atoms with E-state index in [0.29, 0.717) is 6.04 Å². The highest BCUT2D eigenvalue weighted by molar-refractivity contribution is 4.77. The van der Waals surface area contributed by atoms with E-state index in [1.54, 1.807) is 0 Å². The standard InChI is InChI=1S/C18H37N3/c1-16(2)20-13-6-9-18(10-15-20)19-11-7-14-21-12-5-4-8-17(21)3/h16-19H,4-15H2,1-3H3. The van der Waals surface area contributed by atoms with Crippen LogP contribution in [0.3, 0.4) is 0 Å². The first kappa shape index (κ1) is 17.2. The molecule has 0 aromatic carbocycles. The van der Waals surface area contributed by atoms with Crippen LogP contribution >= 0.6 is 0 Å². The average Bonchev–Trinajstić information content (AvgIpc) is 2.71. The van der Waals surface area contributed by atoms with E-state index in [2.05, 4.69) is 35.9 Å². The summed E-state index contributed by atoms with van der Waals surface area (Å²) >= 11 is 0. The largest absolute Gasteiger partial charge is 0.314 e. The first-order chi connectivity index (χ1) is 10.2. The molecule has 0 saturated carbocycles. The van der Waals surface area contributed by atoms with Gasteiger partial charge in [-0.15, -0.1) is 0 Å². The molecule has 0 aromatic rings. The maximum absolute atomic E-state index is 3.82. The molecule has 0 spiro atoms. The van der Waals surface area contributed by atoms with Crippen molar-refractivity contribution in [2.24, 2.45) is 0 Å². The molecule has 2 rings (SSSR count). The van der Waals surface area contributed by atoms with Gasteiger partial charge in [0.2, 0.25) is 0 Å². The normalized spacial score (nSPS) is 29.7.